The van der Waals surface area contributed by atoms with E-state index in [1.165, 1.54) is 24.3 Å². The van der Waals surface area contributed by atoms with Crippen LogP contribution in [0.4, 0.5) is 4.39 Å². The minimum atomic E-state index is -0.549. The molecule has 1 aromatic carbocycles. The van der Waals surface area contributed by atoms with Crippen molar-refractivity contribution in [3.63, 3.8) is 0 Å². The minimum Gasteiger partial charge on any atom is -0.355 e. The summed E-state index contributed by atoms with van der Waals surface area (Å²) >= 11 is 0. The van der Waals surface area contributed by atoms with E-state index in [1.54, 1.807) is 6.20 Å². The first-order valence-electron chi connectivity index (χ1n) is 9.90. The molecule has 2 N–H and O–H groups in total. The summed E-state index contributed by atoms with van der Waals surface area (Å²) in [4.78, 5) is 28.1. The summed E-state index contributed by atoms with van der Waals surface area (Å²) in [5, 5.41) is 9.88. The number of aromatic nitrogens is 2. The number of nitrogens with one attached hydrogen (secondary N) is 2. The van der Waals surface area contributed by atoms with Gasteiger partial charge in [0, 0.05) is 42.5 Å². The van der Waals surface area contributed by atoms with E-state index in [0.717, 1.165) is 18.5 Å². The summed E-state index contributed by atoms with van der Waals surface area (Å²) in [5.41, 5.74) is 0.906. The van der Waals surface area contributed by atoms with E-state index in [4.69, 9.17) is 0 Å². The van der Waals surface area contributed by atoms with Crippen LogP contribution in [0.15, 0.2) is 36.5 Å². The molecule has 7 heteroatoms. The summed E-state index contributed by atoms with van der Waals surface area (Å²) in [6.07, 6.45) is 5.52. The first-order valence-corrected chi connectivity index (χ1v) is 9.90. The van der Waals surface area contributed by atoms with E-state index >= 15 is 0 Å². The maximum atomic E-state index is 13.2. The Hall–Kier alpha value is -2.70. The summed E-state index contributed by atoms with van der Waals surface area (Å²) in [6.45, 7) is 2.56. The first-order chi connectivity index (χ1) is 13.5. The van der Waals surface area contributed by atoms with Crippen LogP contribution in [0.1, 0.15) is 48.7 Å². The lowest BCUT2D eigenvalue weighted by molar-refractivity contribution is -0.132. The molecule has 2 aromatic rings. The average Bonchev–Trinajstić information content (AvgIpc) is 3.43. The molecule has 4 rings (SSSR count). The molecule has 3 atom stereocenters. The maximum absolute atomic E-state index is 13.2. The van der Waals surface area contributed by atoms with Crippen molar-refractivity contribution in [2.45, 2.75) is 51.1 Å². The highest BCUT2D eigenvalue weighted by atomic mass is 19.1. The minimum absolute atomic E-state index is 0.0265. The van der Waals surface area contributed by atoms with Crippen molar-refractivity contribution in [3.8, 4) is 0 Å². The van der Waals surface area contributed by atoms with Gasteiger partial charge in [0.1, 0.15) is 5.82 Å². The molecule has 6 nitrogen and oxygen atoms in total. The molecule has 0 saturated carbocycles. The summed E-state index contributed by atoms with van der Waals surface area (Å²) in [6, 6.07) is 7.51. The molecule has 2 amide bonds. The Bertz CT molecular complexity index is 852. The Labute approximate surface area is 163 Å². The number of aromatic amines is 1. The van der Waals surface area contributed by atoms with Crippen molar-refractivity contribution >= 4 is 11.8 Å². The number of hydrogen-bond acceptors (Lipinski definition) is 3. The third-order valence-electron chi connectivity index (χ3n) is 6.39. The largest absolute Gasteiger partial charge is 0.355 e. The van der Waals surface area contributed by atoms with Crippen LogP contribution in [-0.2, 0) is 11.2 Å². The van der Waals surface area contributed by atoms with E-state index in [9.17, 15) is 14.0 Å². The lowest BCUT2D eigenvalue weighted by atomic mass is 9.71. The van der Waals surface area contributed by atoms with Crippen LogP contribution < -0.4 is 5.32 Å². The second-order valence-corrected chi connectivity index (χ2v) is 7.77. The molecule has 2 bridgehead atoms. The molecular weight excluding hydrogens is 359 g/mol. The van der Waals surface area contributed by atoms with Crippen LogP contribution in [0.5, 0.6) is 0 Å². The lowest BCUT2D eigenvalue weighted by Crippen LogP contribution is -2.50. The molecule has 148 valence electrons. The van der Waals surface area contributed by atoms with E-state index in [2.05, 4.69) is 15.5 Å². The molecule has 1 aromatic heterocycles. The van der Waals surface area contributed by atoms with Crippen LogP contribution in [0.2, 0.25) is 0 Å². The standard InChI is InChI=1S/C21H25FN4O2/c1-2-21(20(28)23-11-9-16-10-12-24-25-16)13-17-7-8-18(21)26(17)19(27)14-3-5-15(22)6-4-14/h3-6,10,12,17-18H,2,7-9,11,13H2,1H3,(H,23,28)(H,24,25)/t17-,18+,21+/m0/s1. The van der Waals surface area contributed by atoms with Crippen LogP contribution in [-0.4, -0.2) is 45.5 Å². The summed E-state index contributed by atoms with van der Waals surface area (Å²) in [5.74, 6) is -0.438. The Morgan fingerprint density at radius 2 is 2.07 bits per heavy atom. The Balaban J connectivity index is 1.48. The number of H-pyrrole nitrogens is 1. The van der Waals surface area contributed by atoms with E-state index < -0.39 is 5.41 Å². The van der Waals surface area contributed by atoms with E-state index in [0.29, 0.717) is 31.4 Å². The number of amides is 2. The lowest BCUT2D eigenvalue weighted by Gasteiger charge is -2.35. The Morgan fingerprint density at radius 3 is 2.75 bits per heavy atom. The zero-order valence-electron chi connectivity index (χ0n) is 16.0. The fraction of sp³-hybridized carbons (Fsp3) is 0.476. The Morgan fingerprint density at radius 1 is 1.29 bits per heavy atom. The molecule has 2 fully saturated rings. The van der Waals surface area contributed by atoms with Gasteiger partial charge in [0.25, 0.3) is 5.91 Å². The zero-order chi connectivity index (χ0) is 19.7. The number of hydrogen-bond donors (Lipinski definition) is 2. The highest BCUT2D eigenvalue weighted by Gasteiger charge is 2.60. The van der Waals surface area contributed by atoms with Gasteiger partial charge in [0.15, 0.2) is 0 Å². The molecule has 2 saturated heterocycles. The van der Waals surface area contributed by atoms with Gasteiger partial charge in [-0.25, -0.2) is 4.39 Å². The maximum Gasteiger partial charge on any atom is 0.254 e. The van der Waals surface area contributed by atoms with Crippen molar-refractivity contribution in [2.24, 2.45) is 5.41 Å². The van der Waals surface area contributed by atoms with Gasteiger partial charge in [-0.1, -0.05) is 6.92 Å². The highest BCUT2D eigenvalue weighted by Crippen LogP contribution is 2.52. The molecule has 2 aliphatic heterocycles. The first kappa shape index (κ1) is 18.7. The number of carbonyl (C=O) groups is 2. The monoisotopic (exact) mass is 384 g/mol. The second kappa shape index (κ2) is 7.37. The molecule has 0 spiro atoms. The number of benzene rings is 1. The number of nitrogens with zero attached hydrogens (tertiary/aromatic N) is 2. The Kier molecular flexibility index (Phi) is 4.91. The molecule has 2 aliphatic rings. The molecule has 0 unspecified atom stereocenters. The second-order valence-electron chi connectivity index (χ2n) is 7.77. The topological polar surface area (TPSA) is 78.1 Å². The highest BCUT2D eigenvalue weighted by molar-refractivity contribution is 5.96. The molecule has 0 radical (unpaired) electrons. The van der Waals surface area contributed by atoms with Gasteiger partial charge in [-0.05, 0) is 56.0 Å². The predicted molar refractivity (Wildman–Crippen MR) is 102 cm³/mol. The summed E-state index contributed by atoms with van der Waals surface area (Å²) < 4.78 is 13.2. The smallest absolute Gasteiger partial charge is 0.254 e. The van der Waals surface area contributed by atoms with Crippen molar-refractivity contribution in [3.05, 3.63) is 53.6 Å². The van der Waals surface area contributed by atoms with Gasteiger partial charge < -0.3 is 10.2 Å². The van der Waals surface area contributed by atoms with Crippen molar-refractivity contribution < 1.29 is 14.0 Å². The van der Waals surface area contributed by atoms with Crippen LogP contribution in [0.3, 0.4) is 0 Å². The van der Waals surface area contributed by atoms with Gasteiger partial charge in [-0.2, -0.15) is 5.10 Å². The van der Waals surface area contributed by atoms with Gasteiger partial charge in [0.05, 0.1) is 5.41 Å². The van der Waals surface area contributed by atoms with Crippen LogP contribution in [0, 0.1) is 11.2 Å². The fourth-order valence-corrected chi connectivity index (χ4v) is 4.93. The van der Waals surface area contributed by atoms with E-state index in [1.807, 2.05) is 17.9 Å². The molecule has 0 aliphatic carbocycles. The third-order valence-corrected chi connectivity index (χ3v) is 6.39. The van der Waals surface area contributed by atoms with Gasteiger partial charge in [-0.3, -0.25) is 14.7 Å². The number of rotatable bonds is 6. The molecule has 3 heterocycles. The average molecular weight is 384 g/mol. The van der Waals surface area contributed by atoms with Crippen LogP contribution in [0.25, 0.3) is 0 Å². The van der Waals surface area contributed by atoms with E-state index in [-0.39, 0.29) is 29.7 Å². The number of halogens is 1. The fourth-order valence-electron chi connectivity index (χ4n) is 4.93. The van der Waals surface area contributed by atoms with Crippen molar-refractivity contribution in [1.29, 1.82) is 0 Å². The van der Waals surface area contributed by atoms with Gasteiger partial charge in [0.2, 0.25) is 5.91 Å². The van der Waals surface area contributed by atoms with Gasteiger partial charge >= 0.3 is 0 Å². The zero-order valence-corrected chi connectivity index (χ0v) is 16.0. The van der Waals surface area contributed by atoms with Crippen LogP contribution >= 0.6 is 0 Å². The quantitative estimate of drug-likeness (QED) is 0.804. The normalized spacial score (nSPS) is 25.9. The molecule has 28 heavy (non-hydrogen) atoms. The summed E-state index contributed by atoms with van der Waals surface area (Å²) in [7, 11) is 0. The SMILES string of the molecule is CC[C@@]1(C(=O)NCCc2ccn[nH]2)C[C@@H]2CC[C@H]1N2C(=O)c1ccc(F)cc1. The van der Waals surface area contributed by atoms with Crippen molar-refractivity contribution in [1.82, 2.24) is 20.4 Å². The third kappa shape index (κ3) is 3.08. The van der Waals surface area contributed by atoms with Crippen molar-refractivity contribution in [2.75, 3.05) is 6.54 Å². The predicted octanol–water partition coefficient (Wildman–Crippen LogP) is 2.68. The molecular formula is C21H25FN4O2. The number of fused-ring (bicyclic) bond motifs is 2. The van der Waals surface area contributed by atoms with Gasteiger partial charge in [-0.15, -0.1) is 0 Å². The number of carbonyl (C=O) groups excluding carboxylic acids is 2.